The van der Waals surface area contributed by atoms with E-state index in [0.717, 1.165) is 12.5 Å². The smallest absolute Gasteiger partial charge is 0.323 e. The Morgan fingerprint density at radius 2 is 1.68 bits per heavy atom. The first-order chi connectivity index (χ1) is 12.9. The van der Waals surface area contributed by atoms with Crippen molar-refractivity contribution in [1.82, 2.24) is 0 Å². The summed E-state index contributed by atoms with van der Waals surface area (Å²) in [5.41, 5.74) is 6.27. The van der Waals surface area contributed by atoms with E-state index in [-0.39, 0.29) is 5.97 Å². The normalized spacial score (nSPS) is 11.5. The van der Waals surface area contributed by atoms with E-state index >= 15 is 0 Å². The fourth-order valence-electron chi connectivity index (χ4n) is 1.95. The van der Waals surface area contributed by atoms with Gasteiger partial charge in [0.15, 0.2) is 0 Å². The molecule has 0 aliphatic carbocycles. The molecule has 28 heavy (non-hydrogen) atoms. The number of hydrogen-bond acceptors (Lipinski definition) is 7. The van der Waals surface area contributed by atoms with Crippen LogP contribution < -0.4 is 10.5 Å². The maximum atomic E-state index is 11.9. The third-order valence-electron chi connectivity index (χ3n) is 3.11. The maximum Gasteiger partial charge on any atom is 0.323 e. The minimum atomic E-state index is -0.833. The zero-order valence-electron chi connectivity index (χ0n) is 17.2. The summed E-state index contributed by atoms with van der Waals surface area (Å²) in [5, 5.41) is 7.42. The van der Waals surface area contributed by atoms with E-state index in [0.29, 0.717) is 31.6 Å². The number of rotatable bonds is 8. The van der Waals surface area contributed by atoms with E-state index in [2.05, 4.69) is 4.74 Å². The highest BCUT2D eigenvalue weighted by Crippen LogP contribution is 2.15. The van der Waals surface area contributed by atoms with Crippen LogP contribution in [0.15, 0.2) is 24.3 Å². The molecule has 1 aromatic rings. The van der Waals surface area contributed by atoms with Gasteiger partial charge in [-0.15, -0.1) is 0 Å². The molecular formula is C20H31NO7. The highest BCUT2D eigenvalue weighted by Gasteiger charge is 2.22. The van der Waals surface area contributed by atoms with Crippen LogP contribution in [0.4, 0.5) is 0 Å². The number of carboxylic acids is 1. The van der Waals surface area contributed by atoms with Crippen LogP contribution in [0.5, 0.6) is 5.75 Å². The number of hydrogen-bond donors (Lipinski definition) is 2. The van der Waals surface area contributed by atoms with Crippen molar-refractivity contribution in [2.24, 2.45) is 5.73 Å². The first kappa shape index (κ1) is 25.4. The standard InChI is InChI=1S/C18H27NO5.C2H4O2/c1-18(2,3)24-17(21)15(19)12-13-7-9-14(10-8-13)23-11-5-6-16(20)22-4;1-2(3)4/h7-10,15H,5-6,11-12,19H2,1-4H3;1H3,(H,3,4)/t15-;/m0./s1. The average molecular weight is 397 g/mol. The summed E-state index contributed by atoms with van der Waals surface area (Å²) in [5.74, 6) is -0.787. The molecule has 0 unspecified atom stereocenters. The van der Waals surface area contributed by atoms with Crippen molar-refractivity contribution in [3.05, 3.63) is 29.8 Å². The third-order valence-corrected chi connectivity index (χ3v) is 3.11. The lowest BCUT2D eigenvalue weighted by Gasteiger charge is -2.22. The van der Waals surface area contributed by atoms with Crippen molar-refractivity contribution in [2.75, 3.05) is 13.7 Å². The summed E-state index contributed by atoms with van der Waals surface area (Å²) in [6, 6.07) is 6.65. The second-order valence-electron chi connectivity index (χ2n) is 7.04. The van der Waals surface area contributed by atoms with Gasteiger partial charge in [-0.05, 0) is 51.3 Å². The number of carbonyl (C=O) groups is 3. The number of nitrogens with two attached hydrogens (primary N) is 1. The van der Waals surface area contributed by atoms with Gasteiger partial charge < -0.3 is 25.1 Å². The Kier molecular flexibility index (Phi) is 11.5. The molecule has 1 aromatic carbocycles. The molecule has 0 amide bonds. The molecule has 0 bridgehead atoms. The van der Waals surface area contributed by atoms with E-state index in [1.165, 1.54) is 7.11 Å². The summed E-state index contributed by atoms with van der Waals surface area (Å²) in [6.07, 6.45) is 1.33. The molecule has 1 rings (SSSR count). The quantitative estimate of drug-likeness (QED) is 0.506. The Morgan fingerprint density at radius 3 is 2.14 bits per heavy atom. The SMILES string of the molecule is CC(=O)O.COC(=O)CCCOc1ccc(C[C@H](N)C(=O)OC(C)(C)C)cc1. The Balaban J connectivity index is 0.00000165. The summed E-state index contributed by atoms with van der Waals surface area (Å²) in [4.78, 5) is 31.9. The second-order valence-corrected chi connectivity index (χ2v) is 7.04. The molecule has 0 heterocycles. The van der Waals surface area contributed by atoms with Gasteiger partial charge in [0.1, 0.15) is 17.4 Å². The van der Waals surface area contributed by atoms with E-state index < -0.39 is 23.6 Å². The maximum absolute atomic E-state index is 11.9. The van der Waals surface area contributed by atoms with E-state index in [1.54, 1.807) is 0 Å². The molecule has 1 atom stereocenters. The summed E-state index contributed by atoms with van der Waals surface area (Å²) < 4.78 is 15.4. The van der Waals surface area contributed by atoms with Crippen LogP contribution in [0, 0.1) is 0 Å². The van der Waals surface area contributed by atoms with E-state index in [9.17, 15) is 9.59 Å². The van der Waals surface area contributed by atoms with Gasteiger partial charge in [-0.25, -0.2) is 0 Å². The average Bonchev–Trinajstić information content (AvgIpc) is 2.57. The van der Waals surface area contributed by atoms with Crippen molar-refractivity contribution >= 4 is 17.9 Å². The molecule has 8 heteroatoms. The minimum Gasteiger partial charge on any atom is -0.494 e. The molecular weight excluding hydrogens is 366 g/mol. The van der Waals surface area contributed by atoms with Gasteiger partial charge in [0.2, 0.25) is 0 Å². The second kappa shape index (κ2) is 12.7. The highest BCUT2D eigenvalue weighted by molar-refractivity contribution is 5.76. The van der Waals surface area contributed by atoms with Crippen molar-refractivity contribution in [3.8, 4) is 5.75 Å². The summed E-state index contributed by atoms with van der Waals surface area (Å²) in [6.45, 7) is 6.95. The van der Waals surface area contributed by atoms with Crippen LogP contribution in [0.1, 0.15) is 46.1 Å². The molecule has 0 radical (unpaired) electrons. The van der Waals surface area contributed by atoms with Crippen LogP contribution in [-0.4, -0.2) is 48.4 Å². The summed E-state index contributed by atoms with van der Waals surface area (Å²) >= 11 is 0. The Morgan fingerprint density at radius 1 is 1.14 bits per heavy atom. The van der Waals surface area contributed by atoms with E-state index in [1.807, 2.05) is 45.0 Å². The van der Waals surface area contributed by atoms with Crippen molar-refractivity contribution < 1.29 is 33.7 Å². The van der Waals surface area contributed by atoms with Crippen LogP contribution in [-0.2, 0) is 30.3 Å². The van der Waals surface area contributed by atoms with Gasteiger partial charge in [-0.2, -0.15) is 0 Å². The van der Waals surface area contributed by atoms with Gasteiger partial charge in [-0.3, -0.25) is 14.4 Å². The summed E-state index contributed by atoms with van der Waals surface area (Å²) in [7, 11) is 1.36. The Bertz CT molecular complexity index is 616. The molecule has 0 saturated heterocycles. The van der Waals surface area contributed by atoms with E-state index in [4.69, 9.17) is 25.1 Å². The number of methoxy groups -OCH3 is 1. The monoisotopic (exact) mass is 397 g/mol. The van der Waals surface area contributed by atoms with Crippen LogP contribution >= 0.6 is 0 Å². The molecule has 3 N–H and O–H groups in total. The molecule has 0 aromatic heterocycles. The fourth-order valence-corrected chi connectivity index (χ4v) is 1.95. The lowest BCUT2D eigenvalue weighted by Crippen LogP contribution is -2.38. The topological polar surface area (TPSA) is 125 Å². The molecule has 0 saturated carbocycles. The Hall–Kier alpha value is -2.61. The van der Waals surface area contributed by atoms with Crippen LogP contribution in [0.2, 0.25) is 0 Å². The molecule has 0 aliphatic rings. The fraction of sp³-hybridized carbons (Fsp3) is 0.550. The first-order valence-electron chi connectivity index (χ1n) is 8.91. The van der Waals surface area contributed by atoms with Crippen molar-refractivity contribution in [1.29, 1.82) is 0 Å². The number of carboxylic acid groups (broad SMARTS) is 1. The number of aliphatic carboxylic acids is 1. The first-order valence-corrected chi connectivity index (χ1v) is 8.91. The number of benzene rings is 1. The van der Waals surface area contributed by atoms with Crippen LogP contribution in [0.3, 0.4) is 0 Å². The van der Waals surface area contributed by atoms with Gasteiger partial charge in [0.05, 0.1) is 13.7 Å². The van der Waals surface area contributed by atoms with Gasteiger partial charge in [0.25, 0.3) is 5.97 Å². The number of esters is 2. The number of ether oxygens (including phenoxy) is 3. The highest BCUT2D eigenvalue weighted by atomic mass is 16.6. The van der Waals surface area contributed by atoms with Gasteiger partial charge >= 0.3 is 11.9 Å². The third kappa shape index (κ3) is 13.6. The molecule has 8 nitrogen and oxygen atoms in total. The molecule has 158 valence electrons. The molecule has 0 fully saturated rings. The Labute approximate surface area is 166 Å². The van der Waals surface area contributed by atoms with Crippen molar-refractivity contribution in [3.63, 3.8) is 0 Å². The lowest BCUT2D eigenvalue weighted by atomic mass is 10.1. The zero-order chi connectivity index (χ0) is 21.7. The molecule has 0 spiro atoms. The number of carbonyl (C=O) groups excluding carboxylic acids is 2. The predicted octanol–water partition coefficient (Wildman–Crippen LogP) is 2.32. The lowest BCUT2D eigenvalue weighted by molar-refractivity contribution is -0.156. The van der Waals surface area contributed by atoms with Crippen molar-refractivity contribution in [2.45, 2.75) is 58.6 Å². The van der Waals surface area contributed by atoms with Gasteiger partial charge in [0, 0.05) is 13.3 Å². The zero-order valence-corrected chi connectivity index (χ0v) is 17.2. The van der Waals surface area contributed by atoms with Gasteiger partial charge in [-0.1, -0.05) is 12.1 Å². The van der Waals surface area contributed by atoms with Crippen LogP contribution in [0.25, 0.3) is 0 Å². The molecule has 0 aliphatic heterocycles. The largest absolute Gasteiger partial charge is 0.494 e. The predicted molar refractivity (Wildman–Crippen MR) is 104 cm³/mol. The minimum absolute atomic E-state index is 0.245.